The number of carbonyl (C=O) groups is 1. The van der Waals surface area contributed by atoms with E-state index in [4.69, 9.17) is 9.92 Å². The van der Waals surface area contributed by atoms with Gasteiger partial charge < -0.3 is 20.6 Å². The maximum atomic E-state index is 11.8. The molecule has 1 aliphatic carbocycles. The molecule has 144 valence electrons. The zero-order valence-corrected chi connectivity index (χ0v) is 15.8. The summed E-state index contributed by atoms with van der Waals surface area (Å²) in [4.78, 5) is 19.9. The molecule has 0 bridgehead atoms. The van der Waals surface area contributed by atoms with Crippen LogP contribution in [-0.2, 0) is 10.1 Å². The van der Waals surface area contributed by atoms with Crippen molar-refractivity contribution in [3.63, 3.8) is 0 Å². The molecule has 1 amide bonds. The molecule has 3 rings (SSSR count). The monoisotopic (exact) mass is 391 g/mol. The molecule has 0 unspecified atom stereocenters. The molecule has 0 aliphatic heterocycles. The number of nitrogens with zero attached hydrogens (tertiary/aromatic N) is 2. The number of nitrogens with two attached hydrogens (primary N) is 1. The van der Waals surface area contributed by atoms with Gasteiger partial charge in [0.2, 0.25) is 5.95 Å². The quantitative estimate of drug-likeness (QED) is 0.581. The van der Waals surface area contributed by atoms with E-state index in [1.807, 2.05) is 0 Å². The lowest BCUT2D eigenvalue weighted by Gasteiger charge is -2.12. The maximum absolute atomic E-state index is 11.8. The van der Waals surface area contributed by atoms with Crippen molar-refractivity contribution in [1.82, 2.24) is 9.97 Å². The summed E-state index contributed by atoms with van der Waals surface area (Å²) in [6, 6.07) is 6.65. The SMILES string of the molecule is CC(C)S(=O)(=O)Oc1ccc(Nc2ncc(C(N)=O)c(NC3CC3)n2)cc1. The largest absolute Gasteiger partial charge is 0.382 e. The highest BCUT2D eigenvalue weighted by Crippen LogP contribution is 2.27. The zero-order chi connectivity index (χ0) is 19.6. The second-order valence-electron chi connectivity index (χ2n) is 6.51. The van der Waals surface area contributed by atoms with Crippen LogP contribution in [0, 0.1) is 0 Å². The average molecular weight is 391 g/mol. The summed E-state index contributed by atoms with van der Waals surface area (Å²) < 4.78 is 28.6. The minimum Gasteiger partial charge on any atom is -0.382 e. The van der Waals surface area contributed by atoms with Crippen molar-refractivity contribution in [3.05, 3.63) is 36.0 Å². The number of benzene rings is 1. The molecular weight excluding hydrogens is 370 g/mol. The van der Waals surface area contributed by atoms with Crippen LogP contribution in [-0.4, -0.2) is 35.6 Å². The van der Waals surface area contributed by atoms with E-state index in [0.29, 0.717) is 17.5 Å². The van der Waals surface area contributed by atoms with Crippen LogP contribution in [0.3, 0.4) is 0 Å². The lowest BCUT2D eigenvalue weighted by Crippen LogP contribution is -2.19. The first-order valence-corrected chi connectivity index (χ1v) is 9.95. The third-order valence-electron chi connectivity index (χ3n) is 3.87. The Morgan fingerprint density at radius 2 is 1.93 bits per heavy atom. The molecular formula is C17H21N5O4S. The molecule has 1 aromatic carbocycles. The van der Waals surface area contributed by atoms with E-state index >= 15 is 0 Å². The van der Waals surface area contributed by atoms with Crippen molar-refractivity contribution in [2.75, 3.05) is 10.6 Å². The number of nitrogens with one attached hydrogen (secondary N) is 2. The van der Waals surface area contributed by atoms with E-state index in [-0.39, 0.29) is 17.3 Å². The van der Waals surface area contributed by atoms with Gasteiger partial charge in [-0.2, -0.15) is 13.4 Å². The van der Waals surface area contributed by atoms with Gasteiger partial charge in [0.15, 0.2) is 0 Å². The maximum Gasteiger partial charge on any atom is 0.311 e. The highest BCUT2D eigenvalue weighted by Gasteiger charge is 2.24. The highest BCUT2D eigenvalue weighted by atomic mass is 32.2. The molecule has 0 saturated heterocycles. The number of primary amides is 1. The van der Waals surface area contributed by atoms with Crippen LogP contribution in [0.25, 0.3) is 0 Å². The third kappa shape index (κ3) is 4.85. The van der Waals surface area contributed by atoms with Gasteiger partial charge in [-0.1, -0.05) is 0 Å². The number of rotatable bonds is 8. The summed E-state index contributed by atoms with van der Waals surface area (Å²) >= 11 is 0. The number of hydrogen-bond acceptors (Lipinski definition) is 8. The van der Waals surface area contributed by atoms with Gasteiger partial charge in [-0.3, -0.25) is 4.79 Å². The number of carbonyl (C=O) groups excluding carboxylic acids is 1. The molecule has 1 fully saturated rings. The lowest BCUT2D eigenvalue weighted by molar-refractivity contribution is 0.100. The second kappa shape index (κ2) is 7.39. The van der Waals surface area contributed by atoms with Crippen LogP contribution in [0.4, 0.5) is 17.5 Å². The van der Waals surface area contributed by atoms with Crippen LogP contribution >= 0.6 is 0 Å². The summed E-state index contributed by atoms with van der Waals surface area (Å²) in [6.45, 7) is 3.09. The Kier molecular flexibility index (Phi) is 5.17. The molecule has 4 N–H and O–H groups in total. The van der Waals surface area contributed by atoms with Crippen LogP contribution in [0.1, 0.15) is 37.0 Å². The van der Waals surface area contributed by atoms with Gasteiger partial charge in [0.1, 0.15) is 11.6 Å². The summed E-state index contributed by atoms with van der Waals surface area (Å²) in [5.41, 5.74) is 6.22. The molecule has 9 nitrogen and oxygen atoms in total. The van der Waals surface area contributed by atoms with Crippen molar-refractivity contribution in [2.45, 2.75) is 38.0 Å². The van der Waals surface area contributed by atoms with Gasteiger partial charge >= 0.3 is 10.1 Å². The molecule has 0 spiro atoms. The fraction of sp³-hybridized carbons (Fsp3) is 0.353. The van der Waals surface area contributed by atoms with Crippen molar-refractivity contribution in [1.29, 1.82) is 0 Å². The zero-order valence-electron chi connectivity index (χ0n) is 15.0. The van der Waals surface area contributed by atoms with E-state index in [9.17, 15) is 13.2 Å². The summed E-state index contributed by atoms with van der Waals surface area (Å²) in [5.74, 6) is 0.296. The minimum absolute atomic E-state index is 0.218. The summed E-state index contributed by atoms with van der Waals surface area (Å²) in [7, 11) is -3.64. The smallest absolute Gasteiger partial charge is 0.311 e. The summed E-state index contributed by atoms with van der Waals surface area (Å²) in [6.07, 6.45) is 3.41. The molecule has 0 atom stereocenters. The van der Waals surface area contributed by atoms with Gasteiger partial charge in [0, 0.05) is 17.9 Å². The predicted molar refractivity (Wildman–Crippen MR) is 102 cm³/mol. The minimum atomic E-state index is -3.64. The van der Waals surface area contributed by atoms with Gasteiger partial charge in [-0.05, 0) is 51.0 Å². The van der Waals surface area contributed by atoms with E-state index < -0.39 is 21.3 Å². The molecule has 1 aromatic heterocycles. The predicted octanol–water partition coefficient (Wildman–Crippen LogP) is 2.01. The van der Waals surface area contributed by atoms with E-state index in [0.717, 1.165) is 12.8 Å². The van der Waals surface area contributed by atoms with Crippen molar-refractivity contribution < 1.29 is 17.4 Å². The van der Waals surface area contributed by atoms with Crippen LogP contribution < -0.4 is 20.6 Å². The second-order valence-corrected chi connectivity index (χ2v) is 8.61. The Labute approximate surface area is 157 Å². The topological polar surface area (TPSA) is 136 Å². The Balaban J connectivity index is 1.74. The van der Waals surface area contributed by atoms with Gasteiger partial charge in [0.05, 0.1) is 10.8 Å². The molecule has 1 aliphatic rings. The summed E-state index contributed by atoms with van der Waals surface area (Å²) in [5, 5.41) is 5.52. The first-order valence-electron chi connectivity index (χ1n) is 8.48. The Morgan fingerprint density at radius 1 is 1.26 bits per heavy atom. The first-order chi connectivity index (χ1) is 12.7. The molecule has 2 aromatic rings. The van der Waals surface area contributed by atoms with Crippen molar-refractivity contribution in [3.8, 4) is 5.75 Å². The Hall–Kier alpha value is -2.88. The third-order valence-corrected chi connectivity index (χ3v) is 5.45. The lowest BCUT2D eigenvalue weighted by atomic mass is 10.3. The van der Waals surface area contributed by atoms with E-state index in [2.05, 4.69) is 20.6 Å². The van der Waals surface area contributed by atoms with Gasteiger partial charge in [0.25, 0.3) is 5.91 Å². The molecule has 1 saturated carbocycles. The van der Waals surface area contributed by atoms with Crippen molar-refractivity contribution in [2.24, 2.45) is 5.73 Å². The van der Waals surface area contributed by atoms with Gasteiger partial charge in [-0.15, -0.1) is 0 Å². The average Bonchev–Trinajstić information content (AvgIpc) is 3.40. The first kappa shape index (κ1) is 18.9. The normalized spacial score (nSPS) is 14.0. The molecule has 1 heterocycles. The fourth-order valence-electron chi connectivity index (χ4n) is 2.11. The highest BCUT2D eigenvalue weighted by molar-refractivity contribution is 7.87. The van der Waals surface area contributed by atoms with Crippen LogP contribution in [0.5, 0.6) is 5.75 Å². The fourth-order valence-corrected chi connectivity index (χ4v) is 2.68. The molecule has 10 heteroatoms. The van der Waals surface area contributed by atoms with Crippen molar-refractivity contribution >= 4 is 33.5 Å². The van der Waals surface area contributed by atoms with E-state index in [1.54, 1.807) is 26.0 Å². The van der Waals surface area contributed by atoms with Crippen LogP contribution in [0.15, 0.2) is 30.5 Å². The standard InChI is InChI=1S/C17H21N5O4S/c1-10(2)27(24,25)26-13-7-5-12(6-8-13)21-17-19-9-14(15(18)23)16(22-17)20-11-3-4-11/h5-11H,3-4H2,1-2H3,(H2,18,23)(H2,19,20,21,22). The van der Waals surface area contributed by atoms with Crippen LogP contribution in [0.2, 0.25) is 0 Å². The number of anilines is 3. The Bertz CT molecular complexity index is 940. The molecule has 0 radical (unpaired) electrons. The Morgan fingerprint density at radius 3 is 2.48 bits per heavy atom. The molecule has 27 heavy (non-hydrogen) atoms. The van der Waals surface area contributed by atoms with E-state index in [1.165, 1.54) is 18.3 Å². The number of hydrogen-bond donors (Lipinski definition) is 3. The number of amides is 1. The van der Waals surface area contributed by atoms with Gasteiger partial charge in [-0.25, -0.2) is 4.98 Å². The number of aromatic nitrogens is 2.